The highest BCUT2D eigenvalue weighted by atomic mass is 16.3. The van der Waals surface area contributed by atoms with E-state index < -0.39 is 0 Å². The van der Waals surface area contributed by atoms with E-state index in [1.165, 1.54) is 38.1 Å². The Bertz CT molecular complexity index is 3330. The van der Waals surface area contributed by atoms with Crippen molar-refractivity contribution in [2.75, 3.05) is 0 Å². The lowest BCUT2D eigenvalue weighted by Crippen LogP contribution is -1.92. The topological polar surface area (TPSA) is 48.3 Å². The van der Waals surface area contributed by atoms with Crippen LogP contribution in [0.3, 0.4) is 0 Å². The number of fused-ring (bicyclic) bond motifs is 13. The molecule has 49 heavy (non-hydrogen) atoms. The second kappa shape index (κ2) is 9.00. The third kappa shape index (κ3) is 3.28. The Morgan fingerprint density at radius 1 is 0.429 bits per heavy atom. The Hall–Kier alpha value is -6.72. The normalized spacial score (nSPS) is 12.5. The first-order chi connectivity index (χ1) is 24.3. The SMILES string of the molecule is c1ccc(-n2c3ccccc3c3cc(-c4cc5c6cc7c(cc6n6c8nc9ccccc9nc8c(c4)c56)oc4ccccc47)ccc32)cc1. The van der Waals surface area contributed by atoms with Gasteiger partial charge in [0.1, 0.15) is 16.7 Å². The molecule has 0 spiro atoms. The van der Waals surface area contributed by atoms with Gasteiger partial charge in [-0.15, -0.1) is 0 Å². The Kier molecular flexibility index (Phi) is 4.66. The van der Waals surface area contributed by atoms with Gasteiger partial charge in [0, 0.05) is 49.5 Å². The zero-order chi connectivity index (χ0) is 31.8. The number of hydrogen-bond donors (Lipinski definition) is 0. The highest BCUT2D eigenvalue weighted by Gasteiger charge is 2.23. The fourth-order valence-electron chi connectivity index (χ4n) is 8.26. The zero-order valence-electron chi connectivity index (χ0n) is 26.1. The summed E-state index contributed by atoms with van der Waals surface area (Å²) in [6.07, 6.45) is 0. The average Bonchev–Trinajstić information content (AvgIpc) is 3.88. The number of nitrogens with zero attached hydrogens (tertiary/aromatic N) is 4. The first-order valence-corrected chi connectivity index (χ1v) is 16.6. The largest absolute Gasteiger partial charge is 0.456 e. The molecule has 0 unspecified atom stereocenters. The lowest BCUT2D eigenvalue weighted by molar-refractivity contribution is 0.669. The van der Waals surface area contributed by atoms with E-state index in [-0.39, 0.29) is 0 Å². The molecule has 0 atom stereocenters. The second-order valence-corrected chi connectivity index (χ2v) is 13.0. The van der Waals surface area contributed by atoms with Crippen molar-refractivity contribution in [3.05, 3.63) is 146 Å². The number of rotatable bonds is 2. The molecule has 0 saturated heterocycles. The molecule has 5 heteroatoms. The van der Waals surface area contributed by atoms with E-state index in [2.05, 4.69) is 118 Å². The van der Waals surface area contributed by atoms with Crippen molar-refractivity contribution in [1.29, 1.82) is 0 Å². The quantitative estimate of drug-likeness (QED) is 0.192. The second-order valence-electron chi connectivity index (χ2n) is 13.0. The molecule has 0 radical (unpaired) electrons. The summed E-state index contributed by atoms with van der Waals surface area (Å²) in [5.41, 5.74) is 13.4. The van der Waals surface area contributed by atoms with Crippen LogP contribution in [-0.4, -0.2) is 18.9 Å². The van der Waals surface area contributed by atoms with Gasteiger partial charge in [-0.05, 0) is 77.9 Å². The van der Waals surface area contributed by atoms with E-state index in [1.54, 1.807) is 0 Å². The van der Waals surface area contributed by atoms with Crippen LogP contribution in [0.1, 0.15) is 0 Å². The molecule has 0 fully saturated rings. The summed E-state index contributed by atoms with van der Waals surface area (Å²) in [5, 5.41) is 8.18. The summed E-state index contributed by atoms with van der Waals surface area (Å²) in [7, 11) is 0. The van der Waals surface area contributed by atoms with E-state index in [9.17, 15) is 0 Å². The molecule has 5 heterocycles. The Balaban J connectivity index is 1.21. The average molecular weight is 625 g/mol. The number of hydrogen-bond acceptors (Lipinski definition) is 3. The van der Waals surface area contributed by atoms with Crippen molar-refractivity contribution in [3.8, 4) is 16.8 Å². The molecular formula is C44H24N4O. The van der Waals surface area contributed by atoms with E-state index in [1.807, 2.05) is 36.4 Å². The number of benzene rings is 7. The maximum Gasteiger partial charge on any atom is 0.165 e. The Labute approximate surface area is 278 Å². The maximum absolute atomic E-state index is 6.38. The maximum atomic E-state index is 6.38. The van der Waals surface area contributed by atoms with Gasteiger partial charge in [-0.1, -0.05) is 72.8 Å². The summed E-state index contributed by atoms with van der Waals surface area (Å²) in [6, 6.07) is 51.8. The van der Waals surface area contributed by atoms with Crippen molar-refractivity contribution in [2.24, 2.45) is 0 Å². The number of furan rings is 1. The van der Waals surface area contributed by atoms with E-state index >= 15 is 0 Å². The molecule has 0 amide bonds. The van der Waals surface area contributed by atoms with Gasteiger partial charge >= 0.3 is 0 Å². The van der Waals surface area contributed by atoms with Gasteiger partial charge in [0.2, 0.25) is 0 Å². The van der Waals surface area contributed by atoms with Crippen LogP contribution in [0.25, 0.3) is 110 Å². The van der Waals surface area contributed by atoms with Gasteiger partial charge in [-0.25, -0.2) is 9.97 Å². The van der Waals surface area contributed by atoms with Crippen LogP contribution >= 0.6 is 0 Å². The molecule has 0 N–H and O–H groups in total. The smallest absolute Gasteiger partial charge is 0.165 e. The van der Waals surface area contributed by atoms with Crippen molar-refractivity contribution in [1.82, 2.24) is 18.9 Å². The lowest BCUT2D eigenvalue weighted by Gasteiger charge is -2.08. The van der Waals surface area contributed by atoms with Gasteiger partial charge in [-0.3, -0.25) is 4.40 Å². The molecule has 5 aromatic heterocycles. The van der Waals surface area contributed by atoms with Gasteiger partial charge in [-0.2, -0.15) is 0 Å². The molecule has 0 aliphatic rings. The van der Waals surface area contributed by atoms with Gasteiger partial charge in [0.25, 0.3) is 0 Å². The lowest BCUT2D eigenvalue weighted by atomic mass is 9.98. The standard InChI is InChI=1S/C44H24N4O/c1-2-10-27(11-3-1)47-37-16-8-4-12-28(37)30-20-25(18-19-38(30)47)26-21-33-31-23-32-29-13-5-9-17-40(29)49-41(32)24-39(31)48-43(33)34(22-26)42-44(48)46-36-15-7-6-14-35(36)45-42/h1-24H. The number of aromatic nitrogens is 4. The molecule has 5 nitrogen and oxygen atoms in total. The van der Waals surface area contributed by atoms with Gasteiger partial charge in [0.05, 0.1) is 33.1 Å². The Morgan fingerprint density at radius 2 is 1.12 bits per heavy atom. The number of para-hydroxylation sites is 5. The molecular weight excluding hydrogens is 601 g/mol. The van der Waals surface area contributed by atoms with Crippen LogP contribution in [0.5, 0.6) is 0 Å². The molecule has 0 bridgehead atoms. The first kappa shape index (κ1) is 25.4. The first-order valence-electron chi connectivity index (χ1n) is 16.6. The third-order valence-corrected chi connectivity index (χ3v) is 10.4. The third-order valence-electron chi connectivity index (χ3n) is 10.4. The zero-order valence-corrected chi connectivity index (χ0v) is 26.1. The van der Waals surface area contributed by atoms with Crippen molar-refractivity contribution < 1.29 is 4.42 Å². The van der Waals surface area contributed by atoms with E-state index in [0.717, 1.165) is 71.8 Å². The summed E-state index contributed by atoms with van der Waals surface area (Å²) in [4.78, 5) is 10.4. The fraction of sp³-hybridized carbons (Fsp3) is 0. The minimum absolute atomic E-state index is 0.864. The van der Waals surface area contributed by atoms with Crippen LogP contribution in [0.15, 0.2) is 150 Å². The van der Waals surface area contributed by atoms with Crippen molar-refractivity contribution in [3.63, 3.8) is 0 Å². The minimum Gasteiger partial charge on any atom is -0.456 e. The van der Waals surface area contributed by atoms with Gasteiger partial charge < -0.3 is 8.98 Å². The summed E-state index contributed by atoms with van der Waals surface area (Å²) in [5.74, 6) is 0. The highest BCUT2D eigenvalue weighted by molar-refractivity contribution is 6.26. The van der Waals surface area contributed by atoms with Crippen molar-refractivity contribution >= 4 is 93.1 Å². The predicted octanol–water partition coefficient (Wildman–Crippen LogP) is 11.4. The monoisotopic (exact) mass is 624 g/mol. The van der Waals surface area contributed by atoms with Crippen LogP contribution < -0.4 is 0 Å². The molecule has 0 aliphatic carbocycles. The molecule has 226 valence electrons. The summed E-state index contributed by atoms with van der Waals surface area (Å²) >= 11 is 0. The molecule has 7 aromatic carbocycles. The summed E-state index contributed by atoms with van der Waals surface area (Å²) in [6.45, 7) is 0. The van der Waals surface area contributed by atoms with Gasteiger partial charge in [0.15, 0.2) is 5.65 Å². The van der Waals surface area contributed by atoms with Crippen LogP contribution in [0, 0.1) is 0 Å². The fourth-order valence-corrected chi connectivity index (χ4v) is 8.26. The summed E-state index contributed by atoms with van der Waals surface area (Å²) < 4.78 is 11.0. The highest BCUT2D eigenvalue weighted by Crippen LogP contribution is 2.44. The van der Waals surface area contributed by atoms with Crippen LogP contribution in [-0.2, 0) is 0 Å². The molecule has 0 saturated carbocycles. The molecule has 0 aliphatic heterocycles. The predicted molar refractivity (Wildman–Crippen MR) is 201 cm³/mol. The Morgan fingerprint density at radius 3 is 2.02 bits per heavy atom. The molecule has 12 rings (SSSR count). The minimum atomic E-state index is 0.864. The van der Waals surface area contributed by atoms with E-state index in [0.29, 0.717) is 0 Å². The van der Waals surface area contributed by atoms with Crippen LogP contribution in [0.2, 0.25) is 0 Å². The molecule has 12 aromatic rings. The van der Waals surface area contributed by atoms with Crippen molar-refractivity contribution in [2.45, 2.75) is 0 Å². The van der Waals surface area contributed by atoms with Crippen LogP contribution in [0.4, 0.5) is 0 Å². The van der Waals surface area contributed by atoms with E-state index in [4.69, 9.17) is 14.4 Å².